The van der Waals surface area contributed by atoms with Crippen LogP contribution in [0.2, 0.25) is 0 Å². The monoisotopic (exact) mass is 269 g/mol. The summed E-state index contributed by atoms with van der Waals surface area (Å²) in [5, 5.41) is 4.50. The van der Waals surface area contributed by atoms with E-state index in [-0.39, 0.29) is 6.04 Å². The van der Waals surface area contributed by atoms with Crippen LogP contribution in [-0.2, 0) is 7.05 Å². The Hall–Kier alpha value is -1.61. The van der Waals surface area contributed by atoms with Crippen LogP contribution in [0.5, 0.6) is 0 Å². The number of aryl methyl sites for hydroxylation is 2. The second-order valence-electron chi connectivity index (χ2n) is 5.94. The SMILES string of the molecule is Cc1nn(C)c(C)c1C(N)c1ccccc1C1CCC1. The van der Waals surface area contributed by atoms with Gasteiger partial charge in [0.05, 0.1) is 11.7 Å². The number of aromatic nitrogens is 2. The molecule has 0 spiro atoms. The fourth-order valence-electron chi connectivity index (χ4n) is 3.28. The third kappa shape index (κ3) is 2.06. The highest BCUT2D eigenvalue weighted by molar-refractivity contribution is 5.42. The summed E-state index contributed by atoms with van der Waals surface area (Å²) in [6.07, 6.45) is 3.95. The first-order valence-electron chi connectivity index (χ1n) is 7.44. The van der Waals surface area contributed by atoms with E-state index >= 15 is 0 Å². The van der Waals surface area contributed by atoms with Crippen LogP contribution in [0.4, 0.5) is 0 Å². The van der Waals surface area contributed by atoms with Crippen molar-refractivity contribution in [2.45, 2.75) is 45.1 Å². The number of hydrogen-bond donors (Lipinski definition) is 1. The van der Waals surface area contributed by atoms with Gasteiger partial charge < -0.3 is 5.73 Å². The van der Waals surface area contributed by atoms with Gasteiger partial charge in [-0.2, -0.15) is 5.10 Å². The Morgan fingerprint density at radius 3 is 2.50 bits per heavy atom. The van der Waals surface area contributed by atoms with Crippen molar-refractivity contribution in [2.24, 2.45) is 12.8 Å². The summed E-state index contributed by atoms with van der Waals surface area (Å²) in [5.41, 5.74) is 12.7. The van der Waals surface area contributed by atoms with Gasteiger partial charge in [0, 0.05) is 18.3 Å². The van der Waals surface area contributed by atoms with Gasteiger partial charge in [-0.3, -0.25) is 4.68 Å². The summed E-state index contributed by atoms with van der Waals surface area (Å²) < 4.78 is 1.93. The first-order valence-corrected chi connectivity index (χ1v) is 7.44. The molecule has 1 aromatic carbocycles. The summed E-state index contributed by atoms with van der Waals surface area (Å²) in [4.78, 5) is 0. The van der Waals surface area contributed by atoms with Gasteiger partial charge in [0.1, 0.15) is 0 Å². The Kier molecular flexibility index (Phi) is 3.38. The minimum atomic E-state index is -0.0690. The molecule has 0 amide bonds. The standard InChI is InChI=1S/C17H23N3/c1-11-16(12(2)20(3)19-11)17(18)15-10-5-4-9-14(15)13-7-6-8-13/h4-5,9-10,13,17H,6-8,18H2,1-3H3. The second kappa shape index (κ2) is 5.06. The van der Waals surface area contributed by atoms with Gasteiger partial charge in [-0.25, -0.2) is 0 Å². The van der Waals surface area contributed by atoms with Crippen LogP contribution in [0.1, 0.15) is 59.3 Å². The molecule has 2 aromatic rings. The van der Waals surface area contributed by atoms with Crippen LogP contribution in [0.15, 0.2) is 24.3 Å². The summed E-state index contributed by atoms with van der Waals surface area (Å²) in [7, 11) is 1.98. The second-order valence-corrected chi connectivity index (χ2v) is 5.94. The van der Waals surface area contributed by atoms with Crippen LogP contribution in [-0.4, -0.2) is 9.78 Å². The van der Waals surface area contributed by atoms with E-state index < -0.39 is 0 Å². The van der Waals surface area contributed by atoms with Gasteiger partial charge in [0.25, 0.3) is 0 Å². The highest BCUT2D eigenvalue weighted by Gasteiger charge is 2.26. The maximum Gasteiger partial charge on any atom is 0.0647 e. The fraction of sp³-hybridized carbons (Fsp3) is 0.471. The predicted octanol–water partition coefficient (Wildman–Crippen LogP) is 3.35. The van der Waals surface area contributed by atoms with Crippen molar-refractivity contribution in [1.82, 2.24) is 9.78 Å². The zero-order valence-corrected chi connectivity index (χ0v) is 12.6. The molecule has 1 atom stereocenters. The average Bonchev–Trinajstić information content (AvgIpc) is 2.61. The number of benzene rings is 1. The van der Waals surface area contributed by atoms with Crippen LogP contribution in [0, 0.1) is 13.8 Å². The molecule has 1 heterocycles. The molecule has 20 heavy (non-hydrogen) atoms. The van der Waals surface area contributed by atoms with E-state index in [1.807, 2.05) is 18.7 Å². The molecule has 1 aromatic heterocycles. The first-order chi connectivity index (χ1) is 9.59. The van der Waals surface area contributed by atoms with E-state index in [2.05, 4.69) is 36.3 Å². The first kappa shape index (κ1) is 13.4. The summed E-state index contributed by atoms with van der Waals surface area (Å²) in [6, 6.07) is 8.59. The Morgan fingerprint density at radius 1 is 1.25 bits per heavy atom. The smallest absolute Gasteiger partial charge is 0.0647 e. The third-order valence-electron chi connectivity index (χ3n) is 4.75. The molecule has 3 rings (SSSR count). The summed E-state index contributed by atoms with van der Waals surface area (Å²) in [5.74, 6) is 0.703. The van der Waals surface area contributed by atoms with E-state index in [0.29, 0.717) is 5.92 Å². The van der Waals surface area contributed by atoms with Gasteiger partial charge in [0.15, 0.2) is 0 Å². The molecule has 2 N–H and O–H groups in total. The van der Waals surface area contributed by atoms with Gasteiger partial charge in [-0.15, -0.1) is 0 Å². The van der Waals surface area contributed by atoms with Crippen molar-refractivity contribution in [2.75, 3.05) is 0 Å². The Morgan fingerprint density at radius 2 is 1.95 bits per heavy atom. The lowest BCUT2D eigenvalue weighted by Crippen LogP contribution is -2.19. The molecule has 1 aliphatic carbocycles. The molecule has 0 saturated heterocycles. The molecule has 3 heteroatoms. The molecular weight excluding hydrogens is 246 g/mol. The van der Waals surface area contributed by atoms with Gasteiger partial charge in [-0.1, -0.05) is 30.7 Å². The molecule has 1 saturated carbocycles. The van der Waals surface area contributed by atoms with Crippen molar-refractivity contribution in [3.05, 3.63) is 52.3 Å². The highest BCUT2D eigenvalue weighted by Crippen LogP contribution is 2.40. The zero-order valence-electron chi connectivity index (χ0n) is 12.6. The van der Waals surface area contributed by atoms with Crippen molar-refractivity contribution in [3.8, 4) is 0 Å². The maximum absolute atomic E-state index is 6.60. The van der Waals surface area contributed by atoms with E-state index in [1.165, 1.54) is 41.6 Å². The van der Waals surface area contributed by atoms with Crippen LogP contribution >= 0.6 is 0 Å². The molecule has 0 aliphatic heterocycles. The number of hydrogen-bond acceptors (Lipinski definition) is 2. The maximum atomic E-state index is 6.60. The molecule has 3 nitrogen and oxygen atoms in total. The Bertz CT molecular complexity index is 623. The van der Waals surface area contributed by atoms with Crippen molar-refractivity contribution in [1.29, 1.82) is 0 Å². The van der Waals surface area contributed by atoms with Crippen molar-refractivity contribution < 1.29 is 0 Å². The van der Waals surface area contributed by atoms with Gasteiger partial charge >= 0.3 is 0 Å². The molecule has 1 unspecified atom stereocenters. The third-order valence-corrected chi connectivity index (χ3v) is 4.75. The zero-order chi connectivity index (χ0) is 14.3. The summed E-state index contributed by atoms with van der Waals surface area (Å²) >= 11 is 0. The number of rotatable bonds is 3. The molecule has 1 fully saturated rings. The number of nitrogens with two attached hydrogens (primary N) is 1. The lowest BCUT2D eigenvalue weighted by molar-refractivity contribution is 0.416. The van der Waals surface area contributed by atoms with Gasteiger partial charge in [0.2, 0.25) is 0 Å². The predicted molar refractivity (Wildman–Crippen MR) is 81.7 cm³/mol. The van der Waals surface area contributed by atoms with E-state index in [0.717, 1.165) is 5.69 Å². The lowest BCUT2D eigenvalue weighted by atomic mass is 9.76. The average molecular weight is 269 g/mol. The van der Waals surface area contributed by atoms with Crippen LogP contribution in [0.3, 0.4) is 0 Å². The van der Waals surface area contributed by atoms with E-state index in [1.54, 1.807) is 0 Å². The van der Waals surface area contributed by atoms with Crippen molar-refractivity contribution >= 4 is 0 Å². The Balaban J connectivity index is 2.04. The minimum absolute atomic E-state index is 0.0690. The molecular formula is C17H23N3. The van der Waals surface area contributed by atoms with Crippen LogP contribution in [0.25, 0.3) is 0 Å². The van der Waals surface area contributed by atoms with E-state index in [4.69, 9.17) is 5.73 Å². The highest BCUT2D eigenvalue weighted by atomic mass is 15.3. The number of nitrogens with zero attached hydrogens (tertiary/aromatic N) is 2. The Labute approximate surface area is 120 Å². The topological polar surface area (TPSA) is 43.8 Å². The quantitative estimate of drug-likeness (QED) is 0.928. The van der Waals surface area contributed by atoms with Crippen LogP contribution < -0.4 is 5.73 Å². The fourth-order valence-corrected chi connectivity index (χ4v) is 3.28. The van der Waals surface area contributed by atoms with E-state index in [9.17, 15) is 0 Å². The molecule has 0 bridgehead atoms. The summed E-state index contributed by atoms with van der Waals surface area (Å²) in [6.45, 7) is 4.15. The van der Waals surface area contributed by atoms with Crippen molar-refractivity contribution in [3.63, 3.8) is 0 Å². The lowest BCUT2D eigenvalue weighted by Gasteiger charge is -2.29. The largest absolute Gasteiger partial charge is 0.320 e. The molecule has 0 radical (unpaired) electrons. The molecule has 106 valence electrons. The molecule has 1 aliphatic rings. The van der Waals surface area contributed by atoms with Gasteiger partial charge in [-0.05, 0) is 43.7 Å². The normalized spacial score (nSPS) is 17.0. The minimum Gasteiger partial charge on any atom is -0.320 e.